The van der Waals surface area contributed by atoms with Gasteiger partial charge in [-0.25, -0.2) is 0 Å². The summed E-state index contributed by atoms with van der Waals surface area (Å²) in [5.74, 6) is -1.99. The minimum Gasteiger partial charge on any atom is -0.504 e. The maximum Gasteiger partial charge on any atom is 0.312 e. The number of aliphatic carboxylic acids is 1. The van der Waals surface area contributed by atoms with Crippen molar-refractivity contribution in [3.8, 4) is 11.5 Å². The van der Waals surface area contributed by atoms with Gasteiger partial charge < -0.3 is 20.7 Å². The van der Waals surface area contributed by atoms with Crippen LogP contribution in [0.2, 0.25) is 0 Å². The zero-order chi connectivity index (χ0) is 13.2. The maximum absolute atomic E-state index is 11.1. The van der Waals surface area contributed by atoms with Gasteiger partial charge in [0, 0.05) is 12.1 Å². The molecule has 4 N–H and O–H groups in total. The van der Waals surface area contributed by atoms with Crippen LogP contribution in [0, 0.1) is 6.92 Å². The first-order valence-electron chi connectivity index (χ1n) is 4.92. The van der Waals surface area contributed by atoms with Gasteiger partial charge in [0.2, 0.25) is 0 Å². The molecule has 94 valence electrons. The summed E-state index contributed by atoms with van der Waals surface area (Å²) in [6, 6.07) is 1.69. The van der Waals surface area contributed by atoms with Gasteiger partial charge in [-0.05, 0) is 34.5 Å². The fraction of sp³-hybridized carbons (Fsp3) is 0.364. The highest BCUT2D eigenvalue weighted by molar-refractivity contribution is 9.10. The van der Waals surface area contributed by atoms with E-state index in [2.05, 4.69) is 15.9 Å². The summed E-state index contributed by atoms with van der Waals surface area (Å²) in [7, 11) is 1.40. The first kappa shape index (κ1) is 13.8. The molecule has 0 aliphatic carbocycles. The quantitative estimate of drug-likeness (QED) is 0.785. The van der Waals surface area contributed by atoms with E-state index in [1.54, 1.807) is 13.0 Å². The molecular formula is C11H14BrNO4. The van der Waals surface area contributed by atoms with Gasteiger partial charge >= 0.3 is 5.97 Å². The molecule has 1 unspecified atom stereocenters. The van der Waals surface area contributed by atoms with Crippen molar-refractivity contribution < 1.29 is 19.7 Å². The molecule has 1 aromatic carbocycles. The molecule has 1 rings (SSSR count). The summed E-state index contributed by atoms with van der Waals surface area (Å²) in [5.41, 5.74) is 6.37. The minimum atomic E-state index is -1.07. The Morgan fingerprint density at radius 2 is 2.24 bits per heavy atom. The SMILES string of the molecule is COc1c(Br)cc(C)c(C(CN)C(=O)O)c1O. The smallest absolute Gasteiger partial charge is 0.312 e. The number of halogens is 1. The van der Waals surface area contributed by atoms with Crippen LogP contribution < -0.4 is 10.5 Å². The zero-order valence-corrected chi connectivity index (χ0v) is 11.1. The van der Waals surface area contributed by atoms with E-state index < -0.39 is 11.9 Å². The molecule has 0 aromatic heterocycles. The summed E-state index contributed by atoms with van der Waals surface area (Å²) >= 11 is 3.24. The lowest BCUT2D eigenvalue weighted by Gasteiger charge is -2.18. The van der Waals surface area contributed by atoms with Crippen LogP contribution in [0.5, 0.6) is 11.5 Å². The number of hydrogen-bond acceptors (Lipinski definition) is 4. The van der Waals surface area contributed by atoms with E-state index in [9.17, 15) is 9.90 Å². The Bertz CT molecular complexity index is 448. The highest BCUT2D eigenvalue weighted by atomic mass is 79.9. The maximum atomic E-state index is 11.1. The fourth-order valence-electron chi connectivity index (χ4n) is 1.73. The first-order valence-corrected chi connectivity index (χ1v) is 5.72. The Balaban J connectivity index is 3.47. The van der Waals surface area contributed by atoms with Gasteiger partial charge in [-0.3, -0.25) is 4.79 Å². The van der Waals surface area contributed by atoms with E-state index in [0.29, 0.717) is 15.6 Å². The molecule has 1 aromatic rings. The van der Waals surface area contributed by atoms with Crippen molar-refractivity contribution in [2.24, 2.45) is 5.73 Å². The Kier molecular flexibility index (Phi) is 4.36. The van der Waals surface area contributed by atoms with Crippen molar-refractivity contribution in [2.45, 2.75) is 12.8 Å². The van der Waals surface area contributed by atoms with Gasteiger partial charge in [-0.15, -0.1) is 0 Å². The standard InChI is InChI=1S/C11H14BrNO4/c1-5-3-7(12)10(17-2)9(14)8(5)6(4-13)11(15)16/h3,6,14H,4,13H2,1-2H3,(H,15,16). The van der Waals surface area contributed by atoms with Crippen LogP contribution in [-0.2, 0) is 4.79 Å². The van der Waals surface area contributed by atoms with Gasteiger partial charge in [0.25, 0.3) is 0 Å². The number of hydrogen-bond donors (Lipinski definition) is 3. The van der Waals surface area contributed by atoms with E-state index in [1.165, 1.54) is 7.11 Å². The third kappa shape index (κ3) is 2.53. The van der Waals surface area contributed by atoms with E-state index >= 15 is 0 Å². The molecule has 0 fully saturated rings. The summed E-state index contributed by atoms with van der Waals surface area (Å²) < 4.78 is 5.58. The van der Waals surface area contributed by atoms with Crippen molar-refractivity contribution in [2.75, 3.05) is 13.7 Å². The molecule has 17 heavy (non-hydrogen) atoms. The average Bonchev–Trinajstić information content (AvgIpc) is 2.23. The van der Waals surface area contributed by atoms with Crippen LogP contribution in [0.15, 0.2) is 10.5 Å². The van der Waals surface area contributed by atoms with Gasteiger partial charge in [-0.1, -0.05) is 0 Å². The minimum absolute atomic E-state index is 0.0888. The van der Waals surface area contributed by atoms with E-state index in [1.807, 2.05) is 0 Å². The third-order valence-corrected chi connectivity index (χ3v) is 3.13. The number of ether oxygens (including phenoxy) is 1. The lowest BCUT2D eigenvalue weighted by Crippen LogP contribution is -2.22. The van der Waals surface area contributed by atoms with Crippen molar-refractivity contribution in [1.82, 2.24) is 0 Å². The van der Waals surface area contributed by atoms with Crippen molar-refractivity contribution in [1.29, 1.82) is 0 Å². The molecule has 1 atom stereocenters. The van der Waals surface area contributed by atoms with Gasteiger partial charge in [0.15, 0.2) is 11.5 Å². The molecule has 0 aliphatic heterocycles. The summed E-state index contributed by atoms with van der Waals surface area (Å²) in [4.78, 5) is 11.1. The van der Waals surface area contributed by atoms with Crippen LogP contribution in [0.1, 0.15) is 17.0 Å². The topological polar surface area (TPSA) is 92.8 Å². The van der Waals surface area contributed by atoms with Gasteiger partial charge in [0.1, 0.15) is 0 Å². The Morgan fingerprint density at radius 3 is 2.65 bits per heavy atom. The number of phenols is 1. The number of nitrogens with two attached hydrogens (primary N) is 1. The number of methoxy groups -OCH3 is 1. The molecule has 0 spiro atoms. The summed E-state index contributed by atoms with van der Waals surface area (Å²) in [6.07, 6.45) is 0. The number of carboxylic acid groups (broad SMARTS) is 1. The van der Waals surface area contributed by atoms with Gasteiger partial charge in [0.05, 0.1) is 17.5 Å². The molecule has 5 nitrogen and oxygen atoms in total. The predicted molar refractivity (Wildman–Crippen MR) is 66.5 cm³/mol. The van der Waals surface area contributed by atoms with Crippen molar-refractivity contribution in [3.05, 3.63) is 21.7 Å². The van der Waals surface area contributed by atoms with Crippen LogP contribution in [-0.4, -0.2) is 29.8 Å². The average molecular weight is 304 g/mol. The van der Waals surface area contributed by atoms with Crippen LogP contribution in [0.25, 0.3) is 0 Å². The summed E-state index contributed by atoms with van der Waals surface area (Å²) in [5, 5.41) is 19.1. The number of benzene rings is 1. The molecular weight excluding hydrogens is 290 g/mol. The molecule has 0 bridgehead atoms. The first-order chi connectivity index (χ1) is 7.93. The second-order valence-corrected chi connectivity index (χ2v) is 4.45. The normalized spacial score (nSPS) is 12.2. The van der Waals surface area contributed by atoms with Gasteiger partial charge in [-0.2, -0.15) is 0 Å². The number of aryl methyl sites for hydroxylation is 1. The Morgan fingerprint density at radius 1 is 1.65 bits per heavy atom. The number of carboxylic acids is 1. The third-order valence-electron chi connectivity index (χ3n) is 2.54. The number of carbonyl (C=O) groups is 1. The van der Waals surface area contributed by atoms with E-state index in [4.69, 9.17) is 15.6 Å². The Hall–Kier alpha value is -1.27. The lowest BCUT2D eigenvalue weighted by atomic mass is 9.93. The van der Waals surface area contributed by atoms with Crippen LogP contribution in [0.3, 0.4) is 0 Å². The highest BCUT2D eigenvalue weighted by Crippen LogP contribution is 2.42. The second kappa shape index (κ2) is 5.37. The van der Waals surface area contributed by atoms with Crippen LogP contribution in [0.4, 0.5) is 0 Å². The van der Waals surface area contributed by atoms with E-state index in [0.717, 1.165) is 0 Å². The molecule has 0 amide bonds. The monoisotopic (exact) mass is 303 g/mol. The molecule has 6 heteroatoms. The largest absolute Gasteiger partial charge is 0.504 e. The highest BCUT2D eigenvalue weighted by Gasteiger charge is 2.26. The summed E-state index contributed by atoms with van der Waals surface area (Å²) in [6.45, 7) is 1.62. The zero-order valence-electron chi connectivity index (χ0n) is 9.53. The predicted octanol–water partition coefficient (Wildman–Crippen LogP) is 1.60. The van der Waals surface area contributed by atoms with Crippen molar-refractivity contribution >= 4 is 21.9 Å². The fourth-order valence-corrected chi connectivity index (χ4v) is 2.42. The van der Waals surface area contributed by atoms with Crippen LogP contribution >= 0.6 is 15.9 Å². The number of aromatic hydroxyl groups is 1. The Labute approximate surface area is 107 Å². The molecule has 0 saturated heterocycles. The number of rotatable bonds is 4. The van der Waals surface area contributed by atoms with E-state index in [-0.39, 0.29) is 18.0 Å². The lowest BCUT2D eigenvalue weighted by molar-refractivity contribution is -0.138. The van der Waals surface area contributed by atoms with Crippen molar-refractivity contribution in [3.63, 3.8) is 0 Å². The molecule has 0 saturated carbocycles. The molecule has 0 radical (unpaired) electrons. The number of phenolic OH excluding ortho intramolecular Hbond substituents is 1. The molecule has 0 aliphatic rings. The molecule has 0 heterocycles. The second-order valence-electron chi connectivity index (χ2n) is 3.60.